The molecule has 1 aromatic carbocycles. The maximum atomic E-state index is 12.0. The Morgan fingerprint density at radius 3 is 2.83 bits per heavy atom. The molecule has 0 saturated heterocycles. The van der Waals surface area contributed by atoms with Gasteiger partial charge in [0.1, 0.15) is 6.33 Å². The summed E-state index contributed by atoms with van der Waals surface area (Å²) in [5.74, 6) is 0.254. The molecule has 0 aliphatic heterocycles. The number of amides is 1. The molecule has 0 fully saturated rings. The summed E-state index contributed by atoms with van der Waals surface area (Å²) in [6.07, 6.45) is 3.56. The van der Waals surface area contributed by atoms with Crippen LogP contribution in [0.1, 0.15) is 18.9 Å². The summed E-state index contributed by atoms with van der Waals surface area (Å²) >= 11 is 1.38. The fraction of sp³-hybridized carbons (Fsp3) is 0.438. The van der Waals surface area contributed by atoms with Crippen molar-refractivity contribution in [3.63, 3.8) is 0 Å². The lowest BCUT2D eigenvalue weighted by Crippen LogP contribution is -2.14. The van der Waals surface area contributed by atoms with Crippen LogP contribution in [-0.2, 0) is 22.5 Å². The Morgan fingerprint density at radius 2 is 2.13 bits per heavy atom. The molecule has 0 saturated carbocycles. The van der Waals surface area contributed by atoms with E-state index in [2.05, 4.69) is 22.4 Å². The predicted octanol–water partition coefficient (Wildman–Crippen LogP) is 2.61. The number of thioether (sulfide) groups is 1. The Bertz CT molecular complexity index is 613. The number of hydrogen-bond acceptors (Lipinski definition) is 5. The van der Waals surface area contributed by atoms with Crippen molar-refractivity contribution in [1.29, 1.82) is 0 Å². The number of ether oxygens (including phenoxy) is 1. The molecular formula is C16H22N4O2S. The average Bonchev–Trinajstić information content (AvgIpc) is 3.01. The minimum absolute atomic E-state index is 0.0503. The molecule has 124 valence electrons. The molecule has 2 aromatic rings. The minimum Gasteiger partial charge on any atom is -0.385 e. The van der Waals surface area contributed by atoms with E-state index in [1.54, 1.807) is 13.4 Å². The number of benzene rings is 1. The SMILES string of the molecule is CCc1ccc(NC(=O)CSc2nncn2CCCOC)cc1. The predicted molar refractivity (Wildman–Crippen MR) is 91.7 cm³/mol. The molecule has 6 nitrogen and oxygen atoms in total. The highest BCUT2D eigenvalue weighted by atomic mass is 32.2. The van der Waals surface area contributed by atoms with Gasteiger partial charge in [-0.3, -0.25) is 4.79 Å². The van der Waals surface area contributed by atoms with Crippen LogP contribution in [0.3, 0.4) is 0 Å². The van der Waals surface area contributed by atoms with E-state index in [1.165, 1.54) is 17.3 Å². The molecule has 23 heavy (non-hydrogen) atoms. The normalized spacial score (nSPS) is 10.7. The third-order valence-corrected chi connectivity index (χ3v) is 4.29. The number of rotatable bonds is 9. The van der Waals surface area contributed by atoms with Crippen LogP contribution in [0.5, 0.6) is 0 Å². The Kier molecular flexibility index (Phi) is 7.09. The molecule has 1 heterocycles. The van der Waals surface area contributed by atoms with Crippen molar-refractivity contribution in [1.82, 2.24) is 14.8 Å². The van der Waals surface area contributed by atoms with Crippen LogP contribution >= 0.6 is 11.8 Å². The number of carbonyl (C=O) groups is 1. The van der Waals surface area contributed by atoms with Gasteiger partial charge in [-0.25, -0.2) is 0 Å². The minimum atomic E-state index is -0.0503. The molecule has 0 aliphatic carbocycles. The van der Waals surface area contributed by atoms with Crippen LogP contribution in [0.25, 0.3) is 0 Å². The third kappa shape index (κ3) is 5.69. The first kappa shape index (κ1) is 17.5. The van der Waals surface area contributed by atoms with Crippen LogP contribution in [0.4, 0.5) is 5.69 Å². The second-order valence-electron chi connectivity index (χ2n) is 5.04. The van der Waals surface area contributed by atoms with Gasteiger partial charge in [0.25, 0.3) is 0 Å². The van der Waals surface area contributed by atoms with Gasteiger partial charge in [0.2, 0.25) is 5.91 Å². The van der Waals surface area contributed by atoms with Gasteiger partial charge in [-0.15, -0.1) is 10.2 Å². The summed E-state index contributed by atoms with van der Waals surface area (Å²) in [5, 5.41) is 11.6. The van der Waals surface area contributed by atoms with Gasteiger partial charge in [-0.1, -0.05) is 30.8 Å². The first-order chi connectivity index (χ1) is 11.2. The summed E-state index contributed by atoms with van der Waals surface area (Å²) < 4.78 is 6.97. The Morgan fingerprint density at radius 1 is 1.35 bits per heavy atom. The van der Waals surface area contributed by atoms with Gasteiger partial charge < -0.3 is 14.6 Å². The van der Waals surface area contributed by atoms with Gasteiger partial charge in [-0.2, -0.15) is 0 Å². The van der Waals surface area contributed by atoms with E-state index in [-0.39, 0.29) is 5.91 Å². The summed E-state index contributed by atoms with van der Waals surface area (Å²) in [5.41, 5.74) is 2.07. The third-order valence-electron chi connectivity index (χ3n) is 3.31. The van der Waals surface area contributed by atoms with E-state index in [0.29, 0.717) is 12.4 Å². The smallest absolute Gasteiger partial charge is 0.234 e. The first-order valence-corrected chi connectivity index (χ1v) is 8.59. The lowest BCUT2D eigenvalue weighted by molar-refractivity contribution is -0.113. The monoisotopic (exact) mass is 334 g/mol. The summed E-state index contributed by atoms with van der Waals surface area (Å²) in [4.78, 5) is 12.0. The van der Waals surface area contributed by atoms with Gasteiger partial charge in [0.05, 0.1) is 5.75 Å². The Hall–Kier alpha value is -1.86. The molecule has 0 aliphatic rings. The molecule has 0 radical (unpaired) electrons. The average molecular weight is 334 g/mol. The number of aryl methyl sites for hydroxylation is 2. The van der Waals surface area contributed by atoms with E-state index >= 15 is 0 Å². The van der Waals surface area contributed by atoms with Gasteiger partial charge >= 0.3 is 0 Å². The van der Waals surface area contributed by atoms with Crippen molar-refractivity contribution in [2.24, 2.45) is 0 Å². The number of hydrogen-bond donors (Lipinski definition) is 1. The number of nitrogens with zero attached hydrogens (tertiary/aromatic N) is 3. The topological polar surface area (TPSA) is 69.0 Å². The standard InChI is InChI=1S/C16H22N4O2S/c1-3-13-5-7-14(8-6-13)18-15(21)11-23-16-19-17-12-20(16)9-4-10-22-2/h5-8,12H,3-4,9-11H2,1-2H3,(H,18,21). The summed E-state index contributed by atoms with van der Waals surface area (Å²) in [6, 6.07) is 7.90. The highest BCUT2D eigenvalue weighted by molar-refractivity contribution is 7.99. The largest absolute Gasteiger partial charge is 0.385 e. The first-order valence-electron chi connectivity index (χ1n) is 7.61. The number of nitrogens with one attached hydrogen (secondary N) is 1. The Labute approximate surface area is 140 Å². The highest BCUT2D eigenvalue weighted by Crippen LogP contribution is 2.16. The molecule has 7 heteroatoms. The number of carbonyl (C=O) groups excluding carboxylic acids is 1. The van der Waals surface area contributed by atoms with Crippen molar-refractivity contribution in [3.8, 4) is 0 Å². The van der Waals surface area contributed by atoms with Gasteiger partial charge in [-0.05, 0) is 30.5 Å². The lowest BCUT2D eigenvalue weighted by atomic mass is 10.1. The zero-order valence-corrected chi connectivity index (χ0v) is 14.3. The molecule has 0 unspecified atom stereocenters. The second-order valence-corrected chi connectivity index (χ2v) is 5.98. The molecule has 1 N–H and O–H groups in total. The van der Waals surface area contributed by atoms with E-state index < -0.39 is 0 Å². The number of methoxy groups -OCH3 is 1. The molecule has 2 rings (SSSR count). The van der Waals surface area contributed by atoms with Crippen LogP contribution in [0.15, 0.2) is 35.7 Å². The number of anilines is 1. The van der Waals surface area contributed by atoms with Crippen molar-refractivity contribution in [2.45, 2.75) is 31.5 Å². The zero-order valence-electron chi connectivity index (χ0n) is 13.5. The molecule has 0 atom stereocenters. The van der Waals surface area contributed by atoms with Crippen LogP contribution in [-0.4, -0.2) is 40.1 Å². The summed E-state index contributed by atoms with van der Waals surface area (Å²) in [6.45, 7) is 3.58. The Balaban J connectivity index is 1.80. The van der Waals surface area contributed by atoms with Crippen LogP contribution in [0, 0.1) is 0 Å². The van der Waals surface area contributed by atoms with Gasteiger partial charge in [0, 0.05) is 25.9 Å². The second kappa shape index (κ2) is 9.32. The van der Waals surface area contributed by atoms with E-state index in [9.17, 15) is 4.79 Å². The van der Waals surface area contributed by atoms with Crippen molar-refractivity contribution in [3.05, 3.63) is 36.2 Å². The fourth-order valence-electron chi connectivity index (χ4n) is 2.04. The fourth-order valence-corrected chi connectivity index (χ4v) is 2.78. The van der Waals surface area contributed by atoms with Crippen LogP contribution < -0.4 is 5.32 Å². The summed E-state index contributed by atoms with van der Waals surface area (Å²) in [7, 11) is 1.68. The molecular weight excluding hydrogens is 312 g/mol. The van der Waals surface area contributed by atoms with E-state index in [0.717, 1.165) is 30.2 Å². The van der Waals surface area contributed by atoms with Crippen molar-refractivity contribution >= 4 is 23.4 Å². The molecule has 0 spiro atoms. The molecule has 1 aromatic heterocycles. The quantitative estimate of drug-likeness (QED) is 0.564. The van der Waals surface area contributed by atoms with E-state index in [4.69, 9.17) is 4.74 Å². The van der Waals surface area contributed by atoms with Gasteiger partial charge in [0.15, 0.2) is 5.16 Å². The number of aromatic nitrogens is 3. The zero-order chi connectivity index (χ0) is 16.5. The van der Waals surface area contributed by atoms with E-state index in [1.807, 2.05) is 28.8 Å². The van der Waals surface area contributed by atoms with Crippen molar-refractivity contribution in [2.75, 3.05) is 24.8 Å². The maximum Gasteiger partial charge on any atom is 0.234 e. The van der Waals surface area contributed by atoms with Crippen LogP contribution in [0.2, 0.25) is 0 Å². The maximum absolute atomic E-state index is 12.0. The highest BCUT2D eigenvalue weighted by Gasteiger charge is 2.09. The van der Waals surface area contributed by atoms with Crippen molar-refractivity contribution < 1.29 is 9.53 Å². The lowest BCUT2D eigenvalue weighted by Gasteiger charge is -2.07. The molecule has 1 amide bonds. The molecule has 0 bridgehead atoms.